The number of aliphatic imine (C=N–C) groups is 1. The van der Waals surface area contributed by atoms with Crippen molar-refractivity contribution in [3.05, 3.63) is 76.5 Å². The van der Waals surface area contributed by atoms with Gasteiger partial charge in [0.15, 0.2) is 5.70 Å². The number of ether oxygens (including phenoxy) is 1. The number of rotatable bonds is 2. The van der Waals surface area contributed by atoms with Crippen molar-refractivity contribution in [2.24, 2.45) is 4.99 Å². The second-order valence-electron chi connectivity index (χ2n) is 5.12. The third-order valence-electron chi connectivity index (χ3n) is 3.27. The van der Waals surface area contributed by atoms with Crippen LogP contribution in [0.2, 0.25) is 0 Å². The van der Waals surface area contributed by atoms with Gasteiger partial charge in [0.2, 0.25) is 5.90 Å². The lowest BCUT2D eigenvalue weighted by atomic mass is 10.1. The van der Waals surface area contributed by atoms with Gasteiger partial charge in [-0.25, -0.2) is 9.79 Å². The van der Waals surface area contributed by atoms with E-state index in [-0.39, 0.29) is 0 Å². The maximum atomic E-state index is 11.9. The summed E-state index contributed by atoms with van der Waals surface area (Å²) in [7, 11) is 0. The molecule has 0 unspecified atom stereocenters. The lowest BCUT2D eigenvalue weighted by molar-refractivity contribution is -0.129. The highest BCUT2D eigenvalue weighted by Crippen LogP contribution is 2.19. The molecule has 0 radical (unpaired) electrons. The smallest absolute Gasteiger partial charge is 0.363 e. The second kappa shape index (κ2) is 5.37. The summed E-state index contributed by atoms with van der Waals surface area (Å²) in [6.45, 7) is 4.01. The Labute approximate surface area is 123 Å². The lowest BCUT2D eigenvalue weighted by Gasteiger charge is -1.99. The van der Waals surface area contributed by atoms with Crippen molar-refractivity contribution >= 4 is 17.9 Å². The molecule has 0 aliphatic carbocycles. The summed E-state index contributed by atoms with van der Waals surface area (Å²) in [5.41, 5.74) is 4.35. The van der Waals surface area contributed by atoms with Crippen molar-refractivity contribution in [3.63, 3.8) is 0 Å². The largest absolute Gasteiger partial charge is 0.402 e. The minimum Gasteiger partial charge on any atom is -0.402 e. The van der Waals surface area contributed by atoms with E-state index >= 15 is 0 Å². The van der Waals surface area contributed by atoms with E-state index in [1.807, 2.05) is 62.4 Å². The Bertz CT molecular complexity index is 755. The van der Waals surface area contributed by atoms with Crippen LogP contribution < -0.4 is 0 Å². The van der Waals surface area contributed by atoms with Gasteiger partial charge in [0.05, 0.1) is 0 Å². The van der Waals surface area contributed by atoms with Crippen LogP contribution in [-0.4, -0.2) is 11.9 Å². The van der Waals surface area contributed by atoms with E-state index < -0.39 is 5.97 Å². The summed E-state index contributed by atoms with van der Waals surface area (Å²) < 4.78 is 5.25. The van der Waals surface area contributed by atoms with Crippen molar-refractivity contribution in [1.29, 1.82) is 0 Å². The van der Waals surface area contributed by atoms with E-state index in [1.165, 1.54) is 5.56 Å². The van der Waals surface area contributed by atoms with Crippen LogP contribution in [0.5, 0.6) is 0 Å². The Morgan fingerprint density at radius 2 is 1.76 bits per heavy atom. The predicted molar refractivity (Wildman–Crippen MR) is 83.0 cm³/mol. The predicted octanol–water partition coefficient (Wildman–Crippen LogP) is 3.65. The molecule has 0 atom stereocenters. The van der Waals surface area contributed by atoms with Gasteiger partial charge < -0.3 is 4.74 Å². The van der Waals surface area contributed by atoms with Gasteiger partial charge in [-0.3, -0.25) is 0 Å². The minimum absolute atomic E-state index is 0.329. The van der Waals surface area contributed by atoms with E-state index in [1.54, 1.807) is 6.08 Å². The molecular weight excluding hydrogens is 262 g/mol. The van der Waals surface area contributed by atoms with Gasteiger partial charge in [-0.05, 0) is 37.6 Å². The molecular formula is C18H15NO2. The molecule has 21 heavy (non-hydrogen) atoms. The zero-order valence-electron chi connectivity index (χ0n) is 12.0. The van der Waals surface area contributed by atoms with E-state index in [0.717, 1.165) is 16.7 Å². The first kappa shape index (κ1) is 13.3. The molecule has 0 spiro atoms. The Hall–Kier alpha value is -2.68. The van der Waals surface area contributed by atoms with E-state index in [4.69, 9.17) is 4.74 Å². The van der Waals surface area contributed by atoms with Gasteiger partial charge in [0.1, 0.15) is 0 Å². The SMILES string of the molecule is Cc1ccc(C=C2N=C(c3cccc(C)c3)OC2=O)cc1. The number of cyclic esters (lactones) is 1. The third-order valence-corrected chi connectivity index (χ3v) is 3.27. The van der Waals surface area contributed by atoms with Crippen LogP contribution in [-0.2, 0) is 9.53 Å². The topological polar surface area (TPSA) is 38.7 Å². The molecule has 0 saturated carbocycles. The van der Waals surface area contributed by atoms with Gasteiger partial charge in [0, 0.05) is 5.56 Å². The Kier molecular flexibility index (Phi) is 3.40. The molecule has 2 aromatic carbocycles. The van der Waals surface area contributed by atoms with E-state index in [2.05, 4.69) is 4.99 Å². The van der Waals surface area contributed by atoms with Gasteiger partial charge in [-0.1, -0.05) is 47.5 Å². The second-order valence-corrected chi connectivity index (χ2v) is 5.12. The average Bonchev–Trinajstić information content (AvgIpc) is 2.83. The van der Waals surface area contributed by atoms with Gasteiger partial charge in [-0.15, -0.1) is 0 Å². The molecule has 0 bridgehead atoms. The van der Waals surface area contributed by atoms with Crippen molar-refractivity contribution in [2.75, 3.05) is 0 Å². The highest BCUT2D eigenvalue weighted by molar-refractivity contribution is 6.12. The number of hydrogen-bond acceptors (Lipinski definition) is 3. The fraction of sp³-hybridized carbons (Fsp3) is 0.111. The highest BCUT2D eigenvalue weighted by Gasteiger charge is 2.23. The van der Waals surface area contributed by atoms with E-state index in [9.17, 15) is 4.79 Å². The Balaban J connectivity index is 1.93. The maximum absolute atomic E-state index is 11.9. The number of nitrogens with zero attached hydrogens (tertiary/aromatic N) is 1. The molecule has 1 aliphatic heterocycles. The van der Waals surface area contributed by atoms with Crippen LogP contribution in [0.15, 0.2) is 59.2 Å². The molecule has 0 amide bonds. The first-order valence-electron chi connectivity index (χ1n) is 6.78. The zero-order chi connectivity index (χ0) is 14.8. The Morgan fingerprint density at radius 1 is 1.00 bits per heavy atom. The third kappa shape index (κ3) is 2.92. The van der Waals surface area contributed by atoms with Crippen molar-refractivity contribution in [3.8, 4) is 0 Å². The molecule has 3 rings (SSSR count). The van der Waals surface area contributed by atoms with Crippen molar-refractivity contribution in [1.82, 2.24) is 0 Å². The van der Waals surface area contributed by atoms with Crippen LogP contribution in [0, 0.1) is 13.8 Å². The first-order valence-corrected chi connectivity index (χ1v) is 6.78. The maximum Gasteiger partial charge on any atom is 0.363 e. The minimum atomic E-state index is -0.410. The molecule has 0 fully saturated rings. The van der Waals surface area contributed by atoms with Gasteiger partial charge in [0.25, 0.3) is 0 Å². The molecule has 3 nitrogen and oxygen atoms in total. The molecule has 0 saturated heterocycles. The van der Waals surface area contributed by atoms with Gasteiger partial charge in [-0.2, -0.15) is 0 Å². The molecule has 1 aliphatic rings. The fourth-order valence-corrected chi connectivity index (χ4v) is 2.13. The molecule has 1 heterocycles. The normalized spacial score (nSPS) is 16.0. The summed E-state index contributed by atoms with van der Waals surface area (Å²) in [5, 5.41) is 0. The summed E-state index contributed by atoms with van der Waals surface area (Å²) in [4.78, 5) is 16.2. The fourth-order valence-electron chi connectivity index (χ4n) is 2.13. The molecule has 104 valence electrons. The number of carbonyl (C=O) groups excluding carboxylic acids is 1. The summed E-state index contributed by atoms with van der Waals surface area (Å²) in [6, 6.07) is 15.6. The van der Waals surface area contributed by atoms with Gasteiger partial charge >= 0.3 is 5.97 Å². The molecule has 3 heteroatoms. The molecule has 0 N–H and O–H groups in total. The number of benzene rings is 2. The van der Waals surface area contributed by atoms with Crippen LogP contribution in [0.3, 0.4) is 0 Å². The summed E-state index contributed by atoms with van der Waals surface area (Å²) in [6.07, 6.45) is 1.74. The highest BCUT2D eigenvalue weighted by atomic mass is 16.6. The number of carbonyl (C=O) groups is 1. The van der Waals surface area contributed by atoms with Crippen LogP contribution in [0.1, 0.15) is 22.3 Å². The number of aryl methyl sites for hydroxylation is 2. The standard InChI is InChI=1S/C18H15NO2/c1-12-6-8-14(9-7-12)11-16-18(20)21-17(19-16)15-5-3-4-13(2)10-15/h3-11H,1-2H3. The monoisotopic (exact) mass is 277 g/mol. The van der Waals surface area contributed by atoms with Crippen molar-refractivity contribution in [2.45, 2.75) is 13.8 Å². The van der Waals surface area contributed by atoms with E-state index in [0.29, 0.717) is 11.6 Å². The van der Waals surface area contributed by atoms with Crippen LogP contribution >= 0.6 is 0 Å². The summed E-state index contributed by atoms with van der Waals surface area (Å²) in [5.74, 6) is -0.0471. The molecule has 2 aromatic rings. The summed E-state index contributed by atoms with van der Waals surface area (Å²) >= 11 is 0. The van der Waals surface area contributed by atoms with Crippen LogP contribution in [0.25, 0.3) is 6.08 Å². The molecule has 0 aromatic heterocycles. The first-order chi connectivity index (χ1) is 10.1. The number of hydrogen-bond donors (Lipinski definition) is 0. The Morgan fingerprint density at radius 3 is 2.48 bits per heavy atom. The average molecular weight is 277 g/mol. The lowest BCUT2D eigenvalue weighted by Crippen LogP contribution is -2.05. The van der Waals surface area contributed by atoms with Crippen molar-refractivity contribution < 1.29 is 9.53 Å². The number of esters is 1. The quantitative estimate of drug-likeness (QED) is 0.621. The van der Waals surface area contributed by atoms with Crippen LogP contribution in [0.4, 0.5) is 0 Å². The zero-order valence-corrected chi connectivity index (χ0v) is 12.0.